The van der Waals surface area contributed by atoms with Gasteiger partial charge in [0.15, 0.2) is 5.69 Å². The molecule has 1 N–H and O–H groups in total. The Bertz CT molecular complexity index is 765. The highest BCUT2D eigenvalue weighted by molar-refractivity contribution is 5.94. The number of rotatable bonds is 6. The number of likely N-dealkylation sites (tertiary alicyclic amines) is 1. The third kappa shape index (κ3) is 3.81. The summed E-state index contributed by atoms with van der Waals surface area (Å²) in [4.78, 5) is 25.9. The number of aromatic nitrogens is 1. The molecular formula is C18H21N3O4. The molecule has 0 atom stereocenters. The van der Waals surface area contributed by atoms with Crippen molar-refractivity contribution in [2.45, 2.75) is 13.3 Å². The molecule has 0 saturated carbocycles. The van der Waals surface area contributed by atoms with Crippen LogP contribution in [0.1, 0.15) is 21.8 Å². The topological polar surface area (TPSA) is 84.7 Å². The molecule has 7 heteroatoms. The summed E-state index contributed by atoms with van der Waals surface area (Å²) < 4.78 is 10.2. The summed E-state index contributed by atoms with van der Waals surface area (Å²) in [5.74, 6) is 1.01. The maximum absolute atomic E-state index is 12.2. The van der Waals surface area contributed by atoms with Crippen LogP contribution >= 0.6 is 0 Å². The first-order chi connectivity index (χ1) is 12.1. The fraction of sp³-hybridized carbons (Fsp3) is 0.389. The first kappa shape index (κ1) is 17.0. The lowest BCUT2D eigenvalue weighted by Gasteiger charge is -2.37. The van der Waals surface area contributed by atoms with Crippen molar-refractivity contribution in [2.75, 3.05) is 26.7 Å². The number of carbonyl (C=O) groups is 2. The van der Waals surface area contributed by atoms with Gasteiger partial charge in [-0.25, -0.2) is 0 Å². The van der Waals surface area contributed by atoms with Crippen molar-refractivity contribution in [3.05, 3.63) is 47.3 Å². The molecule has 3 rings (SSSR count). The largest absolute Gasteiger partial charge is 0.496 e. The molecule has 1 aliphatic heterocycles. The van der Waals surface area contributed by atoms with Gasteiger partial charge in [-0.2, -0.15) is 0 Å². The van der Waals surface area contributed by atoms with Crippen LogP contribution in [0.25, 0.3) is 0 Å². The molecule has 1 saturated heterocycles. The van der Waals surface area contributed by atoms with E-state index in [0.717, 1.165) is 11.3 Å². The summed E-state index contributed by atoms with van der Waals surface area (Å²) in [5.41, 5.74) is 1.34. The fourth-order valence-corrected chi connectivity index (χ4v) is 2.81. The Morgan fingerprint density at radius 1 is 1.36 bits per heavy atom. The van der Waals surface area contributed by atoms with Crippen LogP contribution in [0.5, 0.6) is 5.75 Å². The molecule has 0 aliphatic carbocycles. The summed E-state index contributed by atoms with van der Waals surface area (Å²) >= 11 is 0. The zero-order valence-corrected chi connectivity index (χ0v) is 14.3. The Hall–Kier alpha value is -2.83. The van der Waals surface area contributed by atoms with E-state index in [2.05, 4.69) is 10.5 Å². The van der Waals surface area contributed by atoms with Crippen LogP contribution in [0.2, 0.25) is 0 Å². The number of benzene rings is 1. The number of amides is 2. The number of hydrogen-bond acceptors (Lipinski definition) is 5. The van der Waals surface area contributed by atoms with Gasteiger partial charge in [-0.15, -0.1) is 0 Å². The number of para-hydroxylation sites is 1. The van der Waals surface area contributed by atoms with E-state index >= 15 is 0 Å². The fourth-order valence-electron chi connectivity index (χ4n) is 2.81. The van der Waals surface area contributed by atoms with Crippen molar-refractivity contribution < 1.29 is 18.8 Å². The van der Waals surface area contributed by atoms with E-state index in [-0.39, 0.29) is 23.4 Å². The van der Waals surface area contributed by atoms with E-state index in [4.69, 9.17) is 9.26 Å². The lowest BCUT2D eigenvalue weighted by atomic mass is 9.98. The van der Waals surface area contributed by atoms with E-state index in [1.807, 2.05) is 24.3 Å². The highest BCUT2D eigenvalue weighted by Crippen LogP contribution is 2.20. The molecule has 25 heavy (non-hydrogen) atoms. The molecular weight excluding hydrogens is 322 g/mol. The van der Waals surface area contributed by atoms with Gasteiger partial charge in [0, 0.05) is 25.7 Å². The average Bonchev–Trinajstić information content (AvgIpc) is 3.00. The molecule has 1 aromatic heterocycles. The molecule has 0 radical (unpaired) electrons. The highest BCUT2D eigenvalue weighted by atomic mass is 16.5. The third-order valence-electron chi connectivity index (χ3n) is 4.27. The van der Waals surface area contributed by atoms with Crippen LogP contribution in [0, 0.1) is 12.8 Å². The first-order valence-electron chi connectivity index (χ1n) is 8.20. The van der Waals surface area contributed by atoms with E-state index in [9.17, 15) is 9.59 Å². The SMILES string of the molecule is COc1ccccc1CCNC(=O)C1CN(C(=O)c2cc(C)on2)C1. The molecule has 1 aromatic carbocycles. The van der Waals surface area contributed by atoms with E-state index < -0.39 is 0 Å². The Morgan fingerprint density at radius 3 is 2.80 bits per heavy atom. The molecule has 2 heterocycles. The lowest BCUT2D eigenvalue weighted by Crippen LogP contribution is -2.55. The first-order valence-corrected chi connectivity index (χ1v) is 8.20. The van der Waals surface area contributed by atoms with Crippen LogP contribution in [-0.2, 0) is 11.2 Å². The van der Waals surface area contributed by atoms with Crippen LogP contribution in [-0.4, -0.2) is 48.6 Å². The minimum absolute atomic E-state index is 0.0321. The Labute approximate surface area is 145 Å². The molecule has 132 valence electrons. The molecule has 0 unspecified atom stereocenters. The normalized spacial score (nSPS) is 14.1. The number of ether oxygens (including phenoxy) is 1. The summed E-state index contributed by atoms with van der Waals surface area (Å²) in [6, 6.07) is 9.34. The second-order valence-corrected chi connectivity index (χ2v) is 6.08. The molecule has 1 aliphatic rings. The smallest absolute Gasteiger partial charge is 0.276 e. The van der Waals surface area contributed by atoms with Gasteiger partial charge in [0.25, 0.3) is 5.91 Å². The maximum Gasteiger partial charge on any atom is 0.276 e. The van der Waals surface area contributed by atoms with Gasteiger partial charge in [0.1, 0.15) is 11.5 Å². The lowest BCUT2D eigenvalue weighted by molar-refractivity contribution is -0.128. The van der Waals surface area contributed by atoms with Crippen LogP contribution in [0.3, 0.4) is 0 Å². The van der Waals surface area contributed by atoms with Gasteiger partial charge in [-0.05, 0) is 25.0 Å². The van der Waals surface area contributed by atoms with Crippen molar-refractivity contribution in [1.29, 1.82) is 0 Å². The number of nitrogens with one attached hydrogen (secondary N) is 1. The van der Waals surface area contributed by atoms with Crippen molar-refractivity contribution in [3.8, 4) is 5.75 Å². The molecule has 2 amide bonds. The number of aryl methyl sites for hydroxylation is 1. The van der Waals surface area contributed by atoms with Gasteiger partial charge < -0.3 is 19.5 Å². The predicted octanol–water partition coefficient (Wildman–Crippen LogP) is 1.42. The van der Waals surface area contributed by atoms with E-state index in [0.29, 0.717) is 31.8 Å². The Balaban J connectivity index is 1.42. The number of methoxy groups -OCH3 is 1. The summed E-state index contributed by atoms with van der Waals surface area (Å²) in [5, 5.41) is 6.63. The summed E-state index contributed by atoms with van der Waals surface area (Å²) in [7, 11) is 1.63. The predicted molar refractivity (Wildman–Crippen MR) is 90.3 cm³/mol. The van der Waals surface area contributed by atoms with Gasteiger partial charge >= 0.3 is 0 Å². The summed E-state index contributed by atoms with van der Waals surface area (Å²) in [6.45, 7) is 3.08. The molecule has 7 nitrogen and oxygen atoms in total. The zero-order valence-electron chi connectivity index (χ0n) is 14.3. The van der Waals surface area contributed by atoms with Gasteiger partial charge in [-0.3, -0.25) is 9.59 Å². The average molecular weight is 343 g/mol. The molecule has 0 spiro atoms. The second-order valence-electron chi connectivity index (χ2n) is 6.08. The van der Waals surface area contributed by atoms with Crippen molar-refractivity contribution >= 4 is 11.8 Å². The van der Waals surface area contributed by atoms with Gasteiger partial charge in [0.2, 0.25) is 5.91 Å². The molecule has 1 fully saturated rings. The standard InChI is InChI=1S/C18H21N3O4/c1-12-9-15(20-25-12)18(23)21-10-14(11-21)17(22)19-8-7-13-5-3-4-6-16(13)24-2/h3-6,9,14H,7-8,10-11H2,1-2H3,(H,19,22). The number of carbonyl (C=O) groups excluding carboxylic acids is 2. The second kappa shape index (κ2) is 7.38. The third-order valence-corrected chi connectivity index (χ3v) is 4.27. The van der Waals surface area contributed by atoms with Crippen LogP contribution < -0.4 is 10.1 Å². The van der Waals surface area contributed by atoms with Crippen molar-refractivity contribution in [2.24, 2.45) is 5.92 Å². The van der Waals surface area contributed by atoms with Crippen LogP contribution in [0.4, 0.5) is 0 Å². The van der Waals surface area contributed by atoms with Gasteiger partial charge in [0.05, 0.1) is 13.0 Å². The van der Waals surface area contributed by atoms with E-state index in [1.54, 1.807) is 25.0 Å². The number of hydrogen-bond donors (Lipinski definition) is 1. The summed E-state index contributed by atoms with van der Waals surface area (Å²) in [6.07, 6.45) is 0.698. The van der Waals surface area contributed by atoms with Crippen LogP contribution in [0.15, 0.2) is 34.9 Å². The van der Waals surface area contributed by atoms with E-state index in [1.165, 1.54) is 0 Å². The molecule has 0 bridgehead atoms. The quantitative estimate of drug-likeness (QED) is 0.857. The van der Waals surface area contributed by atoms with Crippen molar-refractivity contribution in [3.63, 3.8) is 0 Å². The highest BCUT2D eigenvalue weighted by Gasteiger charge is 2.36. The zero-order chi connectivity index (χ0) is 17.8. The Morgan fingerprint density at radius 2 is 2.12 bits per heavy atom. The maximum atomic E-state index is 12.2. The van der Waals surface area contributed by atoms with Crippen molar-refractivity contribution in [1.82, 2.24) is 15.4 Å². The monoisotopic (exact) mass is 343 g/mol. The Kier molecular flexibility index (Phi) is 5.02. The minimum atomic E-state index is -0.199. The minimum Gasteiger partial charge on any atom is -0.496 e. The van der Waals surface area contributed by atoms with Gasteiger partial charge in [-0.1, -0.05) is 23.4 Å². The molecule has 2 aromatic rings. The number of nitrogens with zero attached hydrogens (tertiary/aromatic N) is 2.